The second-order valence-electron chi connectivity index (χ2n) is 0.803. The van der Waals surface area contributed by atoms with Crippen LogP contribution in [0.2, 0.25) is 0 Å². The van der Waals surface area contributed by atoms with Crippen molar-refractivity contribution < 1.29 is 0 Å². The molecule has 0 amide bonds. The van der Waals surface area contributed by atoms with Gasteiger partial charge in [-0.05, 0) is 12.3 Å². The summed E-state index contributed by atoms with van der Waals surface area (Å²) in [6.07, 6.45) is 1.97. The highest BCUT2D eigenvalue weighted by atomic mass is 32.2. The van der Waals surface area contributed by atoms with Crippen LogP contribution in [-0.4, -0.2) is 5.88 Å². The number of allylic oxidation sites excluding steroid dienone is 1. The van der Waals surface area contributed by atoms with Crippen LogP contribution in [0.5, 0.6) is 0 Å². The van der Waals surface area contributed by atoms with Crippen molar-refractivity contribution in [2.45, 2.75) is 6.92 Å². The number of rotatable bonds is 2. The predicted molar refractivity (Wildman–Crippen MR) is 31.5 cm³/mol. The molecule has 0 aliphatic heterocycles. The Kier molecular flexibility index (Phi) is 5.09. The fourth-order valence-corrected chi connectivity index (χ4v) is 0.455. The molecule has 0 aliphatic rings. The fraction of sp³-hybridized carbons (Fsp3) is 0.500. The molecule has 0 saturated carbocycles. The van der Waals surface area contributed by atoms with Crippen LogP contribution in [0.1, 0.15) is 6.92 Å². The minimum atomic E-state index is 0.685. The molecule has 0 radical (unpaired) electrons. The van der Waals surface area contributed by atoms with Crippen molar-refractivity contribution in [3.63, 3.8) is 0 Å². The molecule has 2 N–H and O–H groups in total. The monoisotopic (exact) mass is 103 g/mol. The molecule has 0 aromatic carbocycles. The van der Waals surface area contributed by atoms with E-state index < -0.39 is 0 Å². The molecule has 0 bridgehead atoms. The molecular weight excluding hydrogens is 94.1 g/mol. The van der Waals surface area contributed by atoms with E-state index in [-0.39, 0.29) is 0 Å². The lowest BCUT2D eigenvalue weighted by Gasteiger charge is -1.77. The number of hydrogen-bond acceptors (Lipinski definition) is 2. The Morgan fingerprint density at radius 3 is 2.67 bits per heavy atom. The summed E-state index contributed by atoms with van der Waals surface area (Å²) in [4.78, 5) is 0. The zero-order chi connectivity index (χ0) is 4.83. The molecule has 0 fully saturated rings. The Morgan fingerprint density at radius 1 is 1.83 bits per heavy atom. The van der Waals surface area contributed by atoms with Gasteiger partial charge in [-0.3, -0.25) is 0 Å². The molecule has 0 rings (SSSR count). The highest BCUT2D eigenvalue weighted by molar-refractivity contribution is 8.02. The summed E-state index contributed by atoms with van der Waals surface area (Å²) in [6.45, 7) is 1.97. The smallest absolute Gasteiger partial charge is 0.0434 e. The minimum Gasteiger partial charge on any atom is -0.322 e. The second kappa shape index (κ2) is 5.05. The van der Waals surface area contributed by atoms with E-state index in [1.165, 1.54) is 0 Å². The summed E-state index contributed by atoms with van der Waals surface area (Å²) in [6, 6.07) is 0. The first kappa shape index (κ1) is 6.05. The Balaban J connectivity index is 2.66. The van der Waals surface area contributed by atoms with Crippen LogP contribution in [-0.2, 0) is 0 Å². The van der Waals surface area contributed by atoms with Crippen LogP contribution in [0.4, 0.5) is 0 Å². The first-order valence-corrected chi connectivity index (χ1v) is 2.89. The number of thioether (sulfide) groups is 1. The van der Waals surface area contributed by atoms with Gasteiger partial charge in [-0.25, -0.2) is 0 Å². The van der Waals surface area contributed by atoms with E-state index in [0.717, 1.165) is 0 Å². The fourth-order valence-electron chi connectivity index (χ4n) is 0.152. The summed E-state index contributed by atoms with van der Waals surface area (Å²) in [5.74, 6) is 0.685. The van der Waals surface area contributed by atoms with Crippen LogP contribution >= 0.6 is 11.8 Å². The van der Waals surface area contributed by atoms with Crippen molar-refractivity contribution in [3.05, 3.63) is 11.5 Å². The second-order valence-corrected chi connectivity index (χ2v) is 1.74. The van der Waals surface area contributed by atoms with Gasteiger partial charge in [0.15, 0.2) is 0 Å². The van der Waals surface area contributed by atoms with E-state index in [9.17, 15) is 0 Å². The summed E-state index contributed by atoms with van der Waals surface area (Å²) >= 11 is 1.61. The first-order valence-electron chi connectivity index (χ1n) is 1.84. The zero-order valence-electron chi connectivity index (χ0n) is 3.85. The molecule has 6 heavy (non-hydrogen) atoms. The summed E-state index contributed by atoms with van der Waals surface area (Å²) in [5, 5.41) is 1.97. The third-order valence-electron chi connectivity index (χ3n) is 0.329. The largest absolute Gasteiger partial charge is 0.322 e. The van der Waals surface area contributed by atoms with Gasteiger partial charge >= 0.3 is 0 Å². The third kappa shape index (κ3) is 4.05. The van der Waals surface area contributed by atoms with Crippen molar-refractivity contribution >= 4 is 11.8 Å². The van der Waals surface area contributed by atoms with Crippen LogP contribution in [0.15, 0.2) is 11.5 Å². The number of nitrogens with two attached hydrogens (primary N) is 1. The van der Waals surface area contributed by atoms with Crippen LogP contribution < -0.4 is 5.73 Å². The molecule has 0 aromatic rings. The maximum atomic E-state index is 5.13. The average molecular weight is 103 g/mol. The van der Waals surface area contributed by atoms with Crippen molar-refractivity contribution in [1.29, 1.82) is 0 Å². The van der Waals surface area contributed by atoms with E-state index in [0.29, 0.717) is 5.88 Å². The first-order chi connectivity index (χ1) is 2.91. The van der Waals surface area contributed by atoms with Gasteiger partial charge in [-0.1, -0.05) is 6.08 Å². The third-order valence-corrected chi connectivity index (χ3v) is 0.986. The average Bonchev–Trinajstić information content (AvgIpc) is 1.61. The topological polar surface area (TPSA) is 26.0 Å². The summed E-state index contributed by atoms with van der Waals surface area (Å²) in [5.41, 5.74) is 5.13. The molecule has 2 heteroatoms. The Labute approximate surface area is 42.6 Å². The molecule has 0 unspecified atom stereocenters. The van der Waals surface area contributed by atoms with Gasteiger partial charge in [0.1, 0.15) is 0 Å². The van der Waals surface area contributed by atoms with Crippen molar-refractivity contribution in [1.82, 2.24) is 0 Å². The van der Waals surface area contributed by atoms with Crippen molar-refractivity contribution in [2.75, 3.05) is 5.88 Å². The quantitative estimate of drug-likeness (QED) is 0.531. The van der Waals surface area contributed by atoms with Crippen LogP contribution in [0.3, 0.4) is 0 Å². The zero-order valence-corrected chi connectivity index (χ0v) is 4.66. The van der Waals surface area contributed by atoms with Crippen LogP contribution in [0, 0.1) is 0 Å². The van der Waals surface area contributed by atoms with Gasteiger partial charge in [0, 0.05) is 5.88 Å². The van der Waals surface area contributed by atoms with E-state index in [2.05, 4.69) is 0 Å². The van der Waals surface area contributed by atoms with E-state index in [1.807, 2.05) is 18.4 Å². The van der Waals surface area contributed by atoms with Gasteiger partial charge < -0.3 is 5.73 Å². The van der Waals surface area contributed by atoms with Gasteiger partial charge in [0.25, 0.3) is 0 Å². The maximum Gasteiger partial charge on any atom is 0.0434 e. The highest BCUT2D eigenvalue weighted by Crippen LogP contribution is 1.94. The minimum absolute atomic E-state index is 0.685. The number of hydrogen-bond donors (Lipinski definition) is 1. The lowest BCUT2D eigenvalue weighted by atomic mass is 10.8. The van der Waals surface area contributed by atoms with Gasteiger partial charge in [0.2, 0.25) is 0 Å². The molecular formula is C4H9NS. The SMILES string of the molecule is C/C=C\SCN. The van der Waals surface area contributed by atoms with Crippen molar-refractivity contribution in [2.24, 2.45) is 5.73 Å². The molecule has 0 aromatic heterocycles. The molecule has 1 nitrogen and oxygen atoms in total. The highest BCUT2D eigenvalue weighted by Gasteiger charge is 1.63. The maximum absolute atomic E-state index is 5.13. The van der Waals surface area contributed by atoms with Gasteiger partial charge in [-0.2, -0.15) is 0 Å². The molecule has 0 spiro atoms. The Bertz CT molecular complexity index is 42.8. The van der Waals surface area contributed by atoms with Gasteiger partial charge in [-0.15, -0.1) is 11.8 Å². The predicted octanol–water partition coefficient (Wildman–Crippen LogP) is 1.17. The molecule has 0 aliphatic carbocycles. The molecule has 0 heterocycles. The van der Waals surface area contributed by atoms with E-state index >= 15 is 0 Å². The molecule has 36 valence electrons. The molecule has 0 atom stereocenters. The van der Waals surface area contributed by atoms with Gasteiger partial charge in [0.05, 0.1) is 0 Å². The summed E-state index contributed by atoms with van der Waals surface area (Å²) in [7, 11) is 0. The van der Waals surface area contributed by atoms with E-state index in [4.69, 9.17) is 5.73 Å². The Hall–Kier alpha value is 0.0500. The van der Waals surface area contributed by atoms with Crippen molar-refractivity contribution in [3.8, 4) is 0 Å². The normalized spacial score (nSPS) is 10.3. The lowest BCUT2D eigenvalue weighted by molar-refractivity contribution is 1.41. The van der Waals surface area contributed by atoms with E-state index in [1.54, 1.807) is 11.8 Å². The Morgan fingerprint density at radius 2 is 2.50 bits per heavy atom. The molecule has 0 saturated heterocycles. The standard InChI is InChI=1S/C4H9NS/c1-2-3-6-4-5/h2-3H,4-5H2,1H3/b3-2-. The lowest BCUT2D eigenvalue weighted by Crippen LogP contribution is -1.88. The van der Waals surface area contributed by atoms with Crippen LogP contribution in [0.25, 0.3) is 0 Å². The summed E-state index contributed by atoms with van der Waals surface area (Å²) < 4.78 is 0.